The van der Waals surface area contributed by atoms with Gasteiger partial charge in [0.15, 0.2) is 0 Å². The van der Waals surface area contributed by atoms with Gasteiger partial charge in [0.25, 0.3) is 0 Å². The standard InChI is InChI=1S/C7H13N3O/c1-5(2)11-4-7-6(3)8-10-9-7/h5H,4H2,1-3H3,(H,8,9,10). The third-order valence-electron chi connectivity index (χ3n) is 1.37. The van der Waals surface area contributed by atoms with Crippen LogP contribution in [0.15, 0.2) is 0 Å². The van der Waals surface area contributed by atoms with Crippen molar-refractivity contribution in [3.63, 3.8) is 0 Å². The van der Waals surface area contributed by atoms with Crippen LogP contribution < -0.4 is 0 Å². The van der Waals surface area contributed by atoms with Gasteiger partial charge in [0.2, 0.25) is 0 Å². The molecule has 0 aliphatic carbocycles. The summed E-state index contributed by atoms with van der Waals surface area (Å²) in [6, 6.07) is 0. The Bertz CT molecular complexity index is 219. The molecule has 0 saturated carbocycles. The van der Waals surface area contributed by atoms with E-state index in [0.717, 1.165) is 11.4 Å². The molecule has 0 unspecified atom stereocenters. The smallest absolute Gasteiger partial charge is 0.111 e. The van der Waals surface area contributed by atoms with Crippen molar-refractivity contribution >= 4 is 0 Å². The number of rotatable bonds is 3. The molecule has 1 aromatic heterocycles. The number of H-pyrrole nitrogens is 1. The number of hydrogen-bond acceptors (Lipinski definition) is 3. The van der Waals surface area contributed by atoms with E-state index in [1.54, 1.807) is 0 Å². The number of ether oxygens (including phenoxy) is 1. The van der Waals surface area contributed by atoms with E-state index in [0.29, 0.717) is 6.61 Å². The van der Waals surface area contributed by atoms with Gasteiger partial charge < -0.3 is 4.74 Å². The normalized spacial score (nSPS) is 10.9. The maximum Gasteiger partial charge on any atom is 0.111 e. The molecule has 11 heavy (non-hydrogen) atoms. The molecule has 0 spiro atoms. The van der Waals surface area contributed by atoms with E-state index in [9.17, 15) is 0 Å². The van der Waals surface area contributed by atoms with Crippen LogP contribution >= 0.6 is 0 Å². The largest absolute Gasteiger partial charge is 0.372 e. The van der Waals surface area contributed by atoms with Crippen molar-refractivity contribution in [1.29, 1.82) is 0 Å². The zero-order valence-corrected chi connectivity index (χ0v) is 7.09. The fraction of sp³-hybridized carbons (Fsp3) is 0.714. The highest BCUT2D eigenvalue weighted by Crippen LogP contribution is 2.02. The van der Waals surface area contributed by atoms with Gasteiger partial charge in [-0.3, -0.25) is 0 Å². The van der Waals surface area contributed by atoms with Crippen molar-refractivity contribution in [2.75, 3.05) is 0 Å². The monoisotopic (exact) mass is 155 g/mol. The summed E-state index contributed by atoms with van der Waals surface area (Å²) >= 11 is 0. The second-order valence-corrected chi connectivity index (χ2v) is 2.72. The molecule has 0 bridgehead atoms. The summed E-state index contributed by atoms with van der Waals surface area (Å²) in [4.78, 5) is 0. The second kappa shape index (κ2) is 3.48. The Morgan fingerprint density at radius 3 is 2.64 bits per heavy atom. The maximum atomic E-state index is 5.34. The van der Waals surface area contributed by atoms with Crippen LogP contribution in [-0.2, 0) is 11.3 Å². The highest BCUT2D eigenvalue weighted by atomic mass is 16.5. The Kier molecular flexibility index (Phi) is 2.59. The van der Waals surface area contributed by atoms with Gasteiger partial charge >= 0.3 is 0 Å². The number of aromatic amines is 1. The van der Waals surface area contributed by atoms with Crippen LogP contribution in [0.4, 0.5) is 0 Å². The molecule has 62 valence electrons. The number of nitrogens with one attached hydrogen (secondary N) is 1. The lowest BCUT2D eigenvalue weighted by Crippen LogP contribution is -2.03. The highest BCUT2D eigenvalue weighted by molar-refractivity contribution is 5.03. The summed E-state index contributed by atoms with van der Waals surface area (Å²) in [5, 5.41) is 10.3. The Morgan fingerprint density at radius 1 is 1.45 bits per heavy atom. The van der Waals surface area contributed by atoms with Crippen LogP contribution in [0, 0.1) is 6.92 Å². The molecule has 1 N–H and O–H groups in total. The van der Waals surface area contributed by atoms with Crippen LogP contribution in [-0.4, -0.2) is 21.5 Å². The predicted octanol–water partition coefficient (Wildman–Crippen LogP) is 1.04. The van der Waals surface area contributed by atoms with Crippen molar-refractivity contribution in [2.24, 2.45) is 0 Å². The summed E-state index contributed by atoms with van der Waals surface area (Å²) in [7, 11) is 0. The summed E-state index contributed by atoms with van der Waals surface area (Å²) < 4.78 is 5.34. The molecule has 1 aromatic rings. The number of aryl methyl sites for hydroxylation is 1. The van der Waals surface area contributed by atoms with Crippen molar-refractivity contribution in [1.82, 2.24) is 15.4 Å². The molecular formula is C7H13N3O. The lowest BCUT2D eigenvalue weighted by Gasteiger charge is -2.04. The Balaban J connectivity index is 2.44. The fourth-order valence-corrected chi connectivity index (χ4v) is 0.688. The predicted molar refractivity (Wildman–Crippen MR) is 41.0 cm³/mol. The molecule has 0 saturated heterocycles. The first-order chi connectivity index (χ1) is 5.20. The molecule has 0 amide bonds. The van der Waals surface area contributed by atoms with Gasteiger partial charge in [-0.1, -0.05) is 0 Å². The third kappa shape index (κ3) is 2.31. The quantitative estimate of drug-likeness (QED) is 0.709. The summed E-state index contributed by atoms with van der Waals surface area (Å²) in [5.41, 5.74) is 1.80. The third-order valence-corrected chi connectivity index (χ3v) is 1.37. The molecule has 1 rings (SSSR count). The number of aromatic nitrogens is 3. The first kappa shape index (κ1) is 8.20. The van der Waals surface area contributed by atoms with E-state index in [2.05, 4.69) is 15.4 Å². The van der Waals surface area contributed by atoms with Gasteiger partial charge in [0.05, 0.1) is 18.4 Å². The Labute approximate surface area is 66.0 Å². The molecule has 0 atom stereocenters. The van der Waals surface area contributed by atoms with E-state index < -0.39 is 0 Å². The molecule has 0 radical (unpaired) electrons. The molecule has 0 aliphatic heterocycles. The first-order valence-electron chi connectivity index (χ1n) is 3.68. The van der Waals surface area contributed by atoms with Gasteiger partial charge in [0.1, 0.15) is 5.69 Å². The molecule has 0 aliphatic rings. The van der Waals surface area contributed by atoms with Crippen LogP contribution in [0.2, 0.25) is 0 Å². The first-order valence-corrected chi connectivity index (χ1v) is 3.68. The Morgan fingerprint density at radius 2 is 2.18 bits per heavy atom. The van der Waals surface area contributed by atoms with E-state index in [-0.39, 0.29) is 6.10 Å². The van der Waals surface area contributed by atoms with Crippen LogP contribution in [0.25, 0.3) is 0 Å². The SMILES string of the molecule is Cc1n[nH]nc1COC(C)C. The van der Waals surface area contributed by atoms with Crippen LogP contribution in [0.1, 0.15) is 25.2 Å². The minimum Gasteiger partial charge on any atom is -0.372 e. The van der Waals surface area contributed by atoms with Crippen molar-refractivity contribution in [3.05, 3.63) is 11.4 Å². The molecule has 0 aromatic carbocycles. The average molecular weight is 155 g/mol. The molecule has 4 heteroatoms. The molecule has 4 nitrogen and oxygen atoms in total. The summed E-state index contributed by atoms with van der Waals surface area (Å²) in [5.74, 6) is 0. The van der Waals surface area contributed by atoms with E-state index in [4.69, 9.17) is 4.74 Å². The average Bonchev–Trinajstić information content (AvgIpc) is 2.31. The zero-order chi connectivity index (χ0) is 8.27. The van der Waals surface area contributed by atoms with Crippen molar-refractivity contribution in [2.45, 2.75) is 33.5 Å². The molecule has 0 fully saturated rings. The topological polar surface area (TPSA) is 50.8 Å². The summed E-state index contributed by atoms with van der Waals surface area (Å²) in [6.07, 6.45) is 0.242. The highest BCUT2D eigenvalue weighted by Gasteiger charge is 2.02. The summed E-state index contributed by atoms with van der Waals surface area (Å²) in [6.45, 7) is 6.44. The van der Waals surface area contributed by atoms with E-state index in [1.807, 2.05) is 20.8 Å². The van der Waals surface area contributed by atoms with E-state index in [1.165, 1.54) is 0 Å². The van der Waals surface area contributed by atoms with Crippen LogP contribution in [0.5, 0.6) is 0 Å². The maximum absolute atomic E-state index is 5.34. The number of nitrogens with zero attached hydrogens (tertiary/aromatic N) is 2. The minimum absolute atomic E-state index is 0.242. The van der Waals surface area contributed by atoms with Gasteiger partial charge in [-0.25, -0.2) is 0 Å². The minimum atomic E-state index is 0.242. The van der Waals surface area contributed by atoms with Gasteiger partial charge in [-0.15, -0.1) is 0 Å². The van der Waals surface area contributed by atoms with Gasteiger partial charge in [-0.2, -0.15) is 15.4 Å². The van der Waals surface area contributed by atoms with Crippen molar-refractivity contribution in [3.8, 4) is 0 Å². The fourth-order valence-electron chi connectivity index (χ4n) is 0.688. The molecule has 1 heterocycles. The van der Waals surface area contributed by atoms with Crippen LogP contribution in [0.3, 0.4) is 0 Å². The number of hydrogen-bond donors (Lipinski definition) is 1. The Hall–Kier alpha value is -0.900. The lowest BCUT2D eigenvalue weighted by molar-refractivity contribution is 0.0632. The lowest BCUT2D eigenvalue weighted by atomic mass is 10.3. The zero-order valence-electron chi connectivity index (χ0n) is 7.09. The van der Waals surface area contributed by atoms with Gasteiger partial charge in [0, 0.05) is 0 Å². The molecular weight excluding hydrogens is 142 g/mol. The van der Waals surface area contributed by atoms with E-state index >= 15 is 0 Å². The van der Waals surface area contributed by atoms with Crippen molar-refractivity contribution < 1.29 is 4.74 Å². The van der Waals surface area contributed by atoms with Gasteiger partial charge in [-0.05, 0) is 20.8 Å². The second-order valence-electron chi connectivity index (χ2n) is 2.72.